The predicted molar refractivity (Wildman–Crippen MR) is 64.5 cm³/mol. The third-order valence-corrected chi connectivity index (χ3v) is 4.20. The van der Waals surface area contributed by atoms with Gasteiger partial charge in [0.2, 0.25) is 0 Å². The fourth-order valence-electron chi connectivity index (χ4n) is 3.06. The highest BCUT2D eigenvalue weighted by molar-refractivity contribution is 6.30. The Kier molecular flexibility index (Phi) is 2.65. The van der Waals surface area contributed by atoms with Gasteiger partial charge in [0, 0.05) is 5.54 Å². The van der Waals surface area contributed by atoms with Crippen LogP contribution in [-0.4, -0.2) is 17.7 Å². The van der Waals surface area contributed by atoms with Gasteiger partial charge in [0.15, 0.2) is 0 Å². The summed E-state index contributed by atoms with van der Waals surface area (Å²) >= 11 is 5.78. The van der Waals surface area contributed by atoms with Crippen LogP contribution < -0.4 is 5.73 Å². The van der Waals surface area contributed by atoms with E-state index in [1.54, 1.807) is 18.2 Å². The lowest BCUT2D eigenvalue weighted by Crippen LogP contribution is -2.50. The lowest BCUT2D eigenvalue weighted by molar-refractivity contribution is 0.0855. The number of rotatable bonds is 2. The number of fused-ring (bicyclic) bond motifs is 2. The van der Waals surface area contributed by atoms with E-state index in [-0.39, 0.29) is 23.0 Å². The molecule has 2 saturated heterocycles. The van der Waals surface area contributed by atoms with Gasteiger partial charge in [0.05, 0.1) is 17.2 Å². The molecule has 0 amide bonds. The Bertz CT molecular complexity index is 453. The molecule has 0 saturated carbocycles. The summed E-state index contributed by atoms with van der Waals surface area (Å²) in [4.78, 5) is 0. The van der Waals surface area contributed by atoms with Gasteiger partial charge in [0.25, 0.3) is 0 Å². The summed E-state index contributed by atoms with van der Waals surface area (Å²) < 4.78 is 19.6. The molecular formula is C13H15ClFNO. The predicted octanol–water partition coefficient (Wildman–Crippen LogP) is 2.67. The Labute approximate surface area is 105 Å². The van der Waals surface area contributed by atoms with E-state index in [9.17, 15) is 4.39 Å². The molecule has 3 rings (SSSR count). The minimum atomic E-state index is -0.422. The molecule has 3 atom stereocenters. The normalized spacial score (nSPS) is 35.5. The van der Waals surface area contributed by atoms with Crippen LogP contribution in [-0.2, 0) is 11.2 Å². The molecule has 2 nitrogen and oxygen atoms in total. The molecule has 2 N–H and O–H groups in total. The summed E-state index contributed by atoms with van der Waals surface area (Å²) in [6.45, 7) is 0. The molecule has 2 fully saturated rings. The van der Waals surface area contributed by atoms with E-state index in [0.29, 0.717) is 12.0 Å². The van der Waals surface area contributed by atoms with Gasteiger partial charge in [-0.15, -0.1) is 0 Å². The van der Waals surface area contributed by atoms with E-state index in [4.69, 9.17) is 22.1 Å². The summed E-state index contributed by atoms with van der Waals surface area (Å²) in [5, 5.41) is 0.162. The third-order valence-electron chi connectivity index (χ3n) is 3.91. The Morgan fingerprint density at radius 2 is 2.29 bits per heavy atom. The van der Waals surface area contributed by atoms with E-state index in [2.05, 4.69) is 0 Å². The van der Waals surface area contributed by atoms with Crippen LogP contribution in [0.1, 0.15) is 24.8 Å². The zero-order valence-electron chi connectivity index (χ0n) is 9.46. The number of benzene rings is 1. The summed E-state index contributed by atoms with van der Waals surface area (Å²) in [5.41, 5.74) is 6.53. The average molecular weight is 256 g/mol. The van der Waals surface area contributed by atoms with Gasteiger partial charge in [-0.2, -0.15) is 0 Å². The van der Waals surface area contributed by atoms with Crippen molar-refractivity contribution >= 4 is 11.6 Å². The number of halogens is 2. The fourth-order valence-corrected chi connectivity index (χ4v) is 3.25. The maximum Gasteiger partial charge on any atom is 0.145 e. The molecule has 0 spiro atoms. The first kappa shape index (κ1) is 11.5. The zero-order chi connectivity index (χ0) is 12.0. The molecule has 92 valence electrons. The molecule has 2 aliphatic heterocycles. The quantitative estimate of drug-likeness (QED) is 0.882. The molecule has 17 heavy (non-hydrogen) atoms. The van der Waals surface area contributed by atoms with Crippen molar-refractivity contribution in [3.05, 3.63) is 34.6 Å². The second kappa shape index (κ2) is 3.94. The molecule has 0 aliphatic carbocycles. The van der Waals surface area contributed by atoms with Crippen LogP contribution in [0.15, 0.2) is 18.2 Å². The smallest absolute Gasteiger partial charge is 0.145 e. The average Bonchev–Trinajstić information content (AvgIpc) is 2.84. The van der Waals surface area contributed by atoms with E-state index in [1.165, 1.54) is 0 Å². The van der Waals surface area contributed by atoms with Crippen molar-refractivity contribution in [1.29, 1.82) is 0 Å². The van der Waals surface area contributed by atoms with Crippen molar-refractivity contribution < 1.29 is 9.13 Å². The van der Waals surface area contributed by atoms with E-state index in [1.807, 2.05) is 0 Å². The first-order valence-corrected chi connectivity index (χ1v) is 6.33. The van der Waals surface area contributed by atoms with E-state index < -0.39 is 5.54 Å². The molecule has 3 unspecified atom stereocenters. The van der Waals surface area contributed by atoms with Gasteiger partial charge < -0.3 is 10.5 Å². The molecule has 1 aromatic carbocycles. The van der Waals surface area contributed by atoms with Gasteiger partial charge in [-0.1, -0.05) is 23.7 Å². The van der Waals surface area contributed by atoms with Gasteiger partial charge in [-0.3, -0.25) is 0 Å². The summed E-state index contributed by atoms with van der Waals surface area (Å²) in [7, 11) is 0. The minimum absolute atomic E-state index is 0.0749. The van der Waals surface area contributed by atoms with Crippen molar-refractivity contribution in [2.24, 2.45) is 5.73 Å². The topological polar surface area (TPSA) is 35.2 Å². The third kappa shape index (κ3) is 1.86. The van der Waals surface area contributed by atoms with Gasteiger partial charge in [-0.25, -0.2) is 4.39 Å². The minimum Gasteiger partial charge on any atom is -0.373 e. The highest BCUT2D eigenvalue weighted by Crippen LogP contribution is 2.42. The molecule has 2 heterocycles. The number of nitrogens with two attached hydrogens (primary N) is 1. The van der Waals surface area contributed by atoms with Crippen molar-refractivity contribution in [3.8, 4) is 0 Å². The van der Waals surface area contributed by atoms with Crippen molar-refractivity contribution in [2.75, 3.05) is 0 Å². The summed E-state index contributed by atoms with van der Waals surface area (Å²) in [6.07, 6.45) is 3.74. The van der Waals surface area contributed by atoms with Crippen molar-refractivity contribution in [3.63, 3.8) is 0 Å². The lowest BCUT2D eigenvalue weighted by atomic mass is 9.78. The SMILES string of the molecule is NC1(Cc2cccc(Cl)c2F)CC2CCC1O2. The highest BCUT2D eigenvalue weighted by Gasteiger charge is 2.50. The summed E-state index contributed by atoms with van der Waals surface area (Å²) in [5.74, 6) is -0.346. The number of hydrogen-bond acceptors (Lipinski definition) is 2. The van der Waals surface area contributed by atoms with Gasteiger partial charge in [-0.05, 0) is 37.3 Å². The maximum atomic E-state index is 13.8. The van der Waals surface area contributed by atoms with Crippen LogP contribution in [0, 0.1) is 5.82 Å². The van der Waals surface area contributed by atoms with Crippen LogP contribution in [0.3, 0.4) is 0 Å². The van der Waals surface area contributed by atoms with Crippen molar-refractivity contribution in [2.45, 2.75) is 43.4 Å². The first-order valence-electron chi connectivity index (χ1n) is 5.96. The van der Waals surface area contributed by atoms with Crippen LogP contribution in [0.4, 0.5) is 4.39 Å². The van der Waals surface area contributed by atoms with Crippen LogP contribution in [0.2, 0.25) is 5.02 Å². The Morgan fingerprint density at radius 3 is 2.94 bits per heavy atom. The second-order valence-electron chi connectivity index (χ2n) is 5.15. The largest absolute Gasteiger partial charge is 0.373 e. The van der Waals surface area contributed by atoms with Gasteiger partial charge >= 0.3 is 0 Å². The molecule has 2 bridgehead atoms. The lowest BCUT2D eigenvalue weighted by Gasteiger charge is -2.31. The number of hydrogen-bond donors (Lipinski definition) is 1. The molecular weight excluding hydrogens is 241 g/mol. The molecule has 0 aromatic heterocycles. The molecule has 2 aliphatic rings. The van der Waals surface area contributed by atoms with Crippen LogP contribution >= 0.6 is 11.6 Å². The number of ether oxygens (including phenoxy) is 1. The van der Waals surface area contributed by atoms with Crippen LogP contribution in [0.5, 0.6) is 0 Å². The Balaban J connectivity index is 1.85. The highest BCUT2D eigenvalue weighted by atomic mass is 35.5. The Hall–Kier alpha value is -0.640. The molecule has 1 aromatic rings. The van der Waals surface area contributed by atoms with E-state index >= 15 is 0 Å². The Morgan fingerprint density at radius 1 is 1.47 bits per heavy atom. The monoisotopic (exact) mass is 255 g/mol. The zero-order valence-corrected chi connectivity index (χ0v) is 10.2. The standard InChI is InChI=1S/C13H15ClFNO/c14-10-3-1-2-8(12(10)15)6-13(16)7-9-4-5-11(13)17-9/h1-3,9,11H,4-7,16H2. The van der Waals surface area contributed by atoms with Crippen LogP contribution in [0.25, 0.3) is 0 Å². The molecule has 0 radical (unpaired) electrons. The molecule has 4 heteroatoms. The van der Waals surface area contributed by atoms with E-state index in [0.717, 1.165) is 19.3 Å². The maximum absolute atomic E-state index is 13.8. The van der Waals surface area contributed by atoms with Crippen molar-refractivity contribution in [1.82, 2.24) is 0 Å². The fraction of sp³-hybridized carbons (Fsp3) is 0.538. The first-order chi connectivity index (χ1) is 8.08. The summed E-state index contributed by atoms with van der Waals surface area (Å²) in [6, 6.07) is 5.07. The second-order valence-corrected chi connectivity index (χ2v) is 5.56. The van der Waals surface area contributed by atoms with Gasteiger partial charge in [0.1, 0.15) is 5.82 Å².